The summed E-state index contributed by atoms with van der Waals surface area (Å²) >= 11 is 2.39. The highest BCUT2D eigenvalue weighted by Gasteiger charge is 2.15. The molecule has 1 rings (SSSR count). The molecular formula is C14H22FIO3S. The lowest BCUT2D eigenvalue weighted by Gasteiger charge is -2.20. The summed E-state index contributed by atoms with van der Waals surface area (Å²) in [7, 11) is -3.85. The molecule has 1 aromatic rings. The van der Waals surface area contributed by atoms with Gasteiger partial charge < -0.3 is 0 Å². The van der Waals surface area contributed by atoms with E-state index in [4.69, 9.17) is 0 Å². The first-order valence-electron chi connectivity index (χ1n) is 6.42. The third-order valence-corrected chi connectivity index (χ3v) is 4.45. The van der Waals surface area contributed by atoms with Crippen molar-refractivity contribution in [3.63, 3.8) is 0 Å². The van der Waals surface area contributed by atoms with E-state index in [9.17, 15) is 12.9 Å². The molecule has 0 aromatic heterocycles. The van der Waals surface area contributed by atoms with Crippen LogP contribution in [0.15, 0.2) is 24.3 Å². The topological polar surface area (TPSA) is 43.4 Å². The Balaban J connectivity index is 0.000000370. The summed E-state index contributed by atoms with van der Waals surface area (Å²) < 4.78 is 35.4. The summed E-state index contributed by atoms with van der Waals surface area (Å²) in [5.41, 5.74) is 1.71. The highest BCUT2D eigenvalue weighted by atomic mass is 127. The summed E-state index contributed by atoms with van der Waals surface area (Å²) in [4.78, 5) is 0. The minimum Gasteiger partial charge on any atom is -0.197 e. The zero-order chi connectivity index (χ0) is 15.8. The molecule has 0 N–H and O–H groups in total. The molecule has 0 aliphatic rings. The third kappa shape index (κ3) is 8.16. The van der Waals surface area contributed by atoms with Gasteiger partial charge in [0.2, 0.25) is 0 Å². The summed E-state index contributed by atoms with van der Waals surface area (Å²) in [6, 6.07) is 8.53. The number of benzene rings is 1. The molecule has 0 saturated heterocycles. The first kappa shape index (κ1) is 19.8. The molecule has 0 radical (unpaired) electrons. The van der Waals surface area contributed by atoms with Crippen LogP contribution in [0, 0.1) is 3.57 Å². The summed E-state index contributed by atoms with van der Waals surface area (Å²) in [5.74, 6) is -0.236. The second kappa shape index (κ2) is 8.94. The maximum atomic E-state index is 11.0. The van der Waals surface area contributed by atoms with Crippen molar-refractivity contribution in [2.24, 2.45) is 0 Å². The van der Waals surface area contributed by atoms with Gasteiger partial charge in [0, 0.05) is 3.57 Å². The molecule has 0 unspecified atom stereocenters. The number of hydrogen-bond acceptors (Lipinski definition) is 3. The van der Waals surface area contributed by atoms with E-state index >= 15 is 0 Å². The maximum Gasteiger partial charge on any atom is 0.297 e. The molecule has 0 aliphatic heterocycles. The number of rotatable bonds is 4. The fourth-order valence-electron chi connectivity index (χ4n) is 1.42. The molecule has 0 atom stereocenters. The molecule has 0 aliphatic carbocycles. The fourth-order valence-corrected chi connectivity index (χ4v) is 3.32. The van der Waals surface area contributed by atoms with Crippen molar-refractivity contribution in [3.8, 4) is 0 Å². The van der Waals surface area contributed by atoms with Gasteiger partial charge in [-0.05, 0) is 50.6 Å². The minimum atomic E-state index is -3.85. The van der Waals surface area contributed by atoms with E-state index < -0.39 is 10.1 Å². The average molecular weight is 416 g/mol. The molecule has 0 saturated carbocycles. The van der Waals surface area contributed by atoms with Crippen LogP contribution >= 0.6 is 22.6 Å². The van der Waals surface area contributed by atoms with Crippen molar-refractivity contribution in [1.82, 2.24) is 0 Å². The predicted octanol–water partition coefficient (Wildman–Crippen LogP) is 4.61. The molecule has 0 amide bonds. The second-order valence-electron chi connectivity index (χ2n) is 5.41. The Labute approximate surface area is 135 Å². The summed E-state index contributed by atoms with van der Waals surface area (Å²) in [5, 5.41) is 0. The lowest BCUT2D eigenvalue weighted by Crippen LogP contribution is -2.12. The third-order valence-electron chi connectivity index (χ3n) is 2.53. The minimum absolute atomic E-state index is 0.236. The molecule has 0 bridgehead atoms. The molecule has 0 heterocycles. The van der Waals surface area contributed by atoms with Crippen LogP contribution < -0.4 is 0 Å². The molecule has 0 fully saturated rings. The molecule has 1 aromatic carbocycles. The SMILES string of the molecule is CC(C)(C)c1ccccc1I.CCCCS(=O)(=O)OF. The van der Waals surface area contributed by atoms with Gasteiger partial charge in [-0.25, -0.2) is 0 Å². The van der Waals surface area contributed by atoms with Gasteiger partial charge in [0.05, 0.1) is 5.75 Å². The van der Waals surface area contributed by atoms with Gasteiger partial charge in [-0.15, -0.1) is 0 Å². The lowest BCUT2D eigenvalue weighted by atomic mass is 9.87. The zero-order valence-corrected chi connectivity index (χ0v) is 15.3. The van der Waals surface area contributed by atoms with Crippen molar-refractivity contribution in [1.29, 1.82) is 0 Å². The van der Waals surface area contributed by atoms with Crippen molar-refractivity contribution in [3.05, 3.63) is 33.4 Å². The smallest absolute Gasteiger partial charge is 0.197 e. The van der Waals surface area contributed by atoms with Crippen LogP contribution in [0.1, 0.15) is 46.1 Å². The van der Waals surface area contributed by atoms with E-state index in [2.05, 4.69) is 72.0 Å². The van der Waals surface area contributed by atoms with E-state index in [1.165, 1.54) is 9.13 Å². The Morgan fingerprint density at radius 2 is 1.80 bits per heavy atom. The Morgan fingerprint density at radius 3 is 2.15 bits per heavy atom. The molecule has 6 heteroatoms. The monoisotopic (exact) mass is 416 g/mol. The maximum absolute atomic E-state index is 11.0. The Kier molecular flexibility index (Phi) is 8.85. The van der Waals surface area contributed by atoms with Gasteiger partial charge in [0.1, 0.15) is 0 Å². The van der Waals surface area contributed by atoms with E-state index in [0.29, 0.717) is 12.8 Å². The highest BCUT2D eigenvalue weighted by molar-refractivity contribution is 14.1. The highest BCUT2D eigenvalue weighted by Crippen LogP contribution is 2.26. The van der Waals surface area contributed by atoms with Crippen LogP contribution in [0.4, 0.5) is 4.53 Å². The van der Waals surface area contributed by atoms with E-state index in [1.54, 1.807) is 0 Å². The molecule has 3 nitrogen and oxygen atoms in total. The zero-order valence-electron chi connectivity index (χ0n) is 12.3. The standard InChI is InChI=1S/C10H13I.C4H9FO3S/c1-10(2,3)8-6-4-5-7-9(8)11;1-2-3-4-9(6,7)8-5/h4-7H,1-3H3;2-4H2,1H3. The van der Waals surface area contributed by atoms with Crippen molar-refractivity contribution in [2.75, 3.05) is 5.75 Å². The summed E-state index contributed by atoms with van der Waals surface area (Å²) in [6.07, 6.45) is 1.15. The van der Waals surface area contributed by atoms with Gasteiger partial charge in [-0.3, -0.25) is 0 Å². The van der Waals surface area contributed by atoms with Crippen molar-refractivity contribution in [2.45, 2.75) is 46.0 Å². The predicted molar refractivity (Wildman–Crippen MR) is 88.7 cm³/mol. The van der Waals surface area contributed by atoms with Gasteiger partial charge >= 0.3 is 0 Å². The Morgan fingerprint density at radius 1 is 1.25 bits per heavy atom. The van der Waals surface area contributed by atoms with Gasteiger partial charge in [0.15, 0.2) is 0 Å². The van der Waals surface area contributed by atoms with Crippen molar-refractivity contribution >= 4 is 32.7 Å². The number of hydrogen-bond donors (Lipinski definition) is 0. The fraction of sp³-hybridized carbons (Fsp3) is 0.571. The second-order valence-corrected chi connectivity index (χ2v) is 8.22. The molecule has 20 heavy (non-hydrogen) atoms. The molecule has 0 spiro atoms. The molecule has 116 valence electrons. The van der Waals surface area contributed by atoms with Crippen LogP contribution in [-0.2, 0) is 19.9 Å². The van der Waals surface area contributed by atoms with Crippen LogP contribution in [0.5, 0.6) is 0 Å². The van der Waals surface area contributed by atoms with Crippen molar-refractivity contribution < 1.29 is 17.3 Å². The summed E-state index contributed by atoms with van der Waals surface area (Å²) in [6.45, 7) is 8.53. The van der Waals surface area contributed by atoms with Crippen LogP contribution in [-0.4, -0.2) is 14.2 Å². The average Bonchev–Trinajstić information content (AvgIpc) is 2.36. The quantitative estimate of drug-likeness (QED) is 0.674. The molecular weight excluding hydrogens is 394 g/mol. The van der Waals surface area contributed by atoms with Crippen LogP contribution in [0.2, 0.25) is 0 Å². The van der Waals surface area contributed by atoms with Gasteiger partial charge in [-0.2, -0.15) is 8.42 Å². The van der Waals surface area contributed by atoms with E-state index in [1.807, 2.05) is 6.92 Å². The Bertz CT molecular complexity index is 495. The normalized spacial score (nSPS) is 11.7. The first-order chi connectivity index (χ1) is 9.14. The van der Waals surface area contributed by atoms with Gasteiger partial charge in [-0.1, -0.05) is 56.7 Å². The van der Waals surface area contributed by atoms with Gasteiger partial charge in [0.25, 0.3) is 10.1 Å². The van der Waals surface area contributed by atoms with Crippen LogP contribution in [0.3, 0.4) is 0 Å². The first-order valence-corrected chi connectivity index (χ1v) is 9.07. The van der Waals surface area contributed by atoms with E-state index in [-0.39, 0.29) is 11.2 Å². The Hall–Kier alpha value is -0.210. The van der Waals surface area contributed by atoms with E-state index in [0.717, 1.165) is 0 Å². The number of unbranched alkanes of at least 4 members (excludes halogenated alkanes) is 1. The number of halogens is 2. The largest absolute Gasteiger partial charge is 0.297 e. The lowest BCUT2D eigenvalue weighted by molar-refractivity contribution is 0.00290. The van der Waals surface area contributed by atoms with Crippen LogP contribution in [0.25, 0.3) is 0 Å².